The Balaban J connectivity index is 2.05. The van der Waals surface area contributed by atoms with E-state index in [9.17, 15) is 9.59 Å². The first-order valence-electron chi connectivity index (χ1n) is 6.26. The Morgan fingerprint density at radius 1 is 1.40 bits per heavy atom. The Hall–Kier alpha value is -1.82. The second kappa shape index (κ2) is 6.09. The fourth-order valence-corrected chi connectivity index (χ4v) is 2.30. The Kier molecular flexibility index (Phi) is 4.44. The highest BCUT2D eigenvalue weighted by Crippen LogP contribution is 2.20. The molecule has 106 valence electrons. The fraction of sp³-hybridized carbons (Fsp3) is 0.286. The molecule has 1 unspecified atom stereocenters. The molecule has 1 heterocycles. The molecule has 1 atom stereocenters. The molecular weight excluding hydrogens is 324 g/mol. The number of halogens is 1. The van der Waals surface area contributed by atoms with Crippen molar-refractivity contribution < 1.29 is 14.7 Å². The van der Waals surface area contributed by atoms with Crippen LogP contribution < -0.4 is 5.32 Å². The van der Waals surface area contributed by atoms with Gasteiger partial charge in [0.15, 0.2) is 0 Å². The maximum Gasteiger partial charge on any atom is 0.303 e. The molecule has 0 aliphatic carbocycles. The zero-order valence-electron chi connectivity index (χ0n) is 10.9. The number of carbonyl (C=O) groups excluding carboxylic acids is 1. The molecule has 0 radical (unpaired) electrons. The largest absolute Gasteiger partial charge is 0.481 e. The monoisotopic (exact) mass is 338 g/mol. The summed E-state index contributed by atoms with van der Waals surface area (Å²) >= 11 is 3.38. The van der Waals surface area contributed by atoms with Crippen molar-refractivity contribution in [2.75, 3.05) is 0 Å². The lowest BCUT2D eigenvalue weighted by atomic mass is 10.2. The first-order chi connectivity index (χ1) is 9.45. The number of benzene rings is 1. The van der Waals surface area contributed by atoms with Crippen LogP contribution in [0.25, 0.3) is 10.9 Å². The summed E-state index contributed by atoms with van der Waals surface area (Å²) in [6.07, 6.45) is 0.452. The van der Waals surface area contributed by atoms with Crippen LogP contribution in [0.3, 0.4) is 0 Å². The van der Waals surface area contributed by atoms with Crippen LogP contribution in [0.4, 0.5) is 0 Å². The Bertz CT molecular complexity index is 651. The minimum atomic E-state index is -0.860. The molecule has 0 aliphatic heterocycles. The van der Waals surface area contributed by atoms with Crippen LogP contribution >= 0.6 is 15.9 Å². The SMILES string of the molecule is CC(CCC(=O)O)NC(=O)c1cc2ccc(Br)cc2[nH]1. The number of fused-ring (bicyclic) bond motifs is 1. The van der Waals surface area contributed by atoms with E-state index in [-0.39, 0.29) is 18.4 Å². The van der Waals surface area contributed by atoms with E-state index < -0.39 is 5.97 Å². The molecule has 0 fully saturated rings. The second-order valence-electron chi connectivity index (χ2n) is 4.72. The van der Waals surface area contributed by atoms with Gasteiger partial charge in [0.2, 0.25) is 0 Å². The highest BCUT2D eigenvalue weighted by molar-refractivity contribution is 9.10. The van der Waals surface area contributed by atoms with Crippen LogP contribution in [0.5, 0.6) is 0 Å². The third-order valence-electron chi connectivity index (χ3n) is 3.00. The van der Waals surface area contributed by atoms with Crippen LogP contribution in [0.2, 0.25) is 0 Å². The Morgan fingerprint density at radius 2 is 2.15 bits per heavy atom. The minimum Gasteiger partial charge on any atom is -0.481 e. The molecule has 1 aromatic carbocycles. The lowest BCUT2D eigenvalue weighted by molar-refractivity contribution is -0.137. The molecule has 20 heavy (non-hydrogen) atoms. The predicted molar refractivity (Wildman–Crippen MR) is 79.8 cm³/mol. The van der Waals surface area contributed by atoms with Gasteiger partial charge in [-0.25, -0.2) is 0 Å². The molecule has 0 saturated carbocycles. The number of nitrogens with one attached hydrogen (secondary N) is 2. The van der Waals surface area contributed by atoms with Crippen molar-refractivity contribution in [2.24, 2.45) is 0 Å². The van der Waals surface area contributed by atoms with Crippen LogP contribution in [-0.4, -0.2) is 28.0 Å². The van der Waals surface area contributed by atoms with Gasteiger partial charge in [-0.1, -0.05) is 22.0 Å². The standard InChI is InChI=1S/C14H15BrN2O3/c1-8(2-5-13(18)19)16-14(20)12-6-9-3-4-10(15)7-11(9)17-12/h3-4,6-8,17H,2,5H2,1H3,(H,16,20)(H,18,19). The van der Waals surface area contributed by atoms with Crippen molar-refractivity contribution in [3.05, 3.63) is 34.4 Å². The molecule has 0 aliphatic rings. The zero-order chi connectivity index (χ0) is 14.7. The van der Waals surface area contributed by atoms with Crippen molar-refractivity contribution in [3.8, 4) is 0 Å². The number of amides is 1. The van der Waals surface area contributed by atoms with Gasteiger partial charge >= 0.3 is 5.97 Å². The Labute approximate surface area is 124 Å². The van der Waals surface area contributed by atoms with Gasteiger partial charge in [0.25, 0.3) is 5.91 Å². The Morgan fingerprint density at radius 3 is 2.85 bits per heavy atom. The van der Waals surface area contributed by atoms with Gasteiger partial charge in [-0.15, -0.1) is 0 Å². The molecular formula is C14H15BrN2O3. The number of carboxylic acids is 1. The van der Waals surface area contributed by atoms with Gasteiger partial charge in [0.1, 0.15) is 5.69 Å². The number of hydrogen-bond donors (Lipinski definition) is 3. The molecule has 3 N–H and O–H groups in total. The maximum atomic E-state index is 12.1. The predicted octanol–water partition coefficient (Wildman–Crippen LogP) is 2.91. The summed E-state index contributed by atoms with van der Waals surface area (Å²) in [4.78, 5) is 25.6. The van der Waals surface area contributed by atoms with E-state index in [2.05, 4.69) is 26.2 Å². The normalized spacial score (nSPS) is 12.3. The summed E-state index contributed by atoms with van der Waals surface area (Å²) in [6, 6.07) is 7.33. The second-order valence-corrected chi connectivity index (χ2v) is 5.64. The van der Waals surface area contributed by atoms with Crippen molar-refractivity contribution in [1.82, 2.24) is 10.3 Å². The number of aromatic amines is 1. The number of aromatic nitrogens is 1. The molecule has 0 saturated heterocycles. The smallest absolute Gasteiger partial charge is 0.303 e. The maximum absolute atomic E-state index is 12.1. The molecule has 2 aromatic rings. The number of rotatable bonds is 5. The van der Waals surface area contributed by atoms with Crippen molar-refractivity contribution >= 4 is 38.7 Å². The van der Waals surface area contributed by atoms with E-state index in [4.69, 9.17) is 5.11 Å². The van der Waals surface area contributed by atoms with E-state index in [1.54, 1.807) is 13.0 Å². The first-order valence-corrected chi connectivity index (χ1v) is 7.06. The lowest BCUT2D eigenvalue weighted by Gasteiger charge is -2.11. The van der Waals surface area contributed by atoms with Gasteiger partial charge in [0.05, 0.1) is 0 Å². The summed E-state index contributed by atoms with van der Waals surface area (Å²) in [5.74, 6) is -1.09. The molecule has 0 bridgehead atoms. The zero-order valence-corrected chi connectivity index (χ0v) is 12.5. The average Bonchev–Trinajstić information content (AvgIpc) is 2.79. The summed E-state index contributed by atoms with van der Waals surface area (Å²) < 4.78 is 0.939. The summed E-state index contributed by atoms with van der Waals surface area (Å²) in [7, 11) is 0. The number of carbonyl (C=O) groups is 2. The quantitative estimate of drug-likeness (QED) is 0.783. The van der Waals surface area contributed by atoms with Crippen molar-refractivity contribution in [2.45, 2.75) is 25.8 Å². The number of H-pyrrole nitrogens is 1. The summed E-state index contributed by atoms with van der Waals surface area (Å²) in [5, 5.41) is 12.3. The molecule has 6 heteroatoms. The van der Waals surface area contributed by atoms with Crippen LogP contribution in [0.15, 0.2) is 28.7 Å². The fourth-order valence-electron chi connectivity index (χ4n) is 1.94. The highest BCUT2D eigenvalue weighted by Gasteiger charge is 2.13. The number of hydrogen-bond acceptors (Lipinski definition) is 2. The van der Waals surface area contributed by atoms with Gasteiger partial charge < -0.3 is 15.4 Å². The van der Waals surface area contributed by atoms with Gasteiger partial charge in [-0.05, 0) is 31.5 Å². The molecule has 2 rings (SSSR count). The van der Waals surface area contributed by atoms with Crippen LogP contribution in [-0.2, 0) is 4.79 Å². The highest BCUT2D eigenvalue weighted by atomic mass is 79.9. The van der Waals surface area contributed by atoms with Crippen molar-refractivity contribution in [3.63, 3.8) is 0 Å². The third-order valence-corrected chi connectivity index (χ3v) is 3.49. The van der Waals surface area contributed by atoms with E-state index in [1.165, 1.54) is 0 Å². The third kappa shape index (κ3) is 3.60. The van der Waals surface area contributed by atoms with Gasteiger partial charge in [-0.3, -0.25) is 9.59 Å². The lowest BCUT2D eigenvalue weighted by Crippen LogP contribution is -2.33. The topological polar surface area (TPSA) is 82.2 Å². The molecule has 0 spiro atoms. The molecule has 5 nitrogen and oxygen atoms in total. The van der Waals surface area contributed by atoms with Gasteiger partial charge in [0, 0.05) is 27.8 Å². The molecule has 1 aromatic heterocycles. The van der Waals surface area contributed by atoms with Crippen molar-refractivity contribution in [1.29, 1.82) is 0 Å². The first kappa shape index (κ1) is 14.6. The number of carboxylic acid groups (broad SMARTS) is 1. The van der Waals surface area contributed by atoms with E-state index in [1.807, 2.05) is 18.2 Å². The minimum absolute atomic E-state index is 0.0428. The number of aliphatic carboxylic acids is 1. The van der Waals surface area contributed by atoms with E-state index in [0.29, 0.717) is 12.1 Å². The molecule has 1 amide bonds. The summed E-state index contributed by atoms with van der Waals surface area (Å²) in [5.41, 5.74) is 1.35. The average molecular weight is 339 g/mol. The summed E-state index contributed by atoms with van der Waals surface area (Å²) in [6.45, 7) is 1.79. The van der Waals surface area contributed by atoms with E-state index >= 15 is 0 Å². The van der Waals surface area contributed by atoms with Crippen LogP contribution in [0, 0.1) is 0 Å². The van der Waals surface area contributed by atoms with Gasteiger partial charge in [-0.2, -0.15) is 0 Å². The van der Waals surface area contributed by atoms with Crippen LogP contribution in [0.1, 0.15) is 30.3 Å². The van der Waals surface area contributed by atoms with E-state index in [0.717, 1.165) is 15.4 Å².